The van der Waals surface area contributed by atoms with E-state index in [-0.39, 0.29) is 9.92 Å². The summed E-state index contributed by atoms with van der Waals surface area (Å²) in [4.78, 5) is 11.1. The molecule has 0 aromatic heterocycles. The molecule has 1 aromatic carbocycles. The van der Waals surface area contributed by atoms with E-state index in [1.807, 2.05) is 0 Å². The Balaban J connectivity index is 3.25. The van der Waals surface area contributed by atoms with Crippen molar-refractivity contribution in [3.05, 3.63) is 22.7 Å². The SMILES string of the molecule is COc1cc(C)c(S(=O)(=O)N[C@@H](C(=O)O)C(C)C)cc1Cl. The van der Waals surface area contributed by atoms with E-state index in [2.05, 4.69) is 4.72 Å². The van der Waals surface area contributed by atoms with Gasteiger partial charge in [-0.15, -0.1) is 0 Å². The molecule has 0 aliphatic carbocycles. The first-order valence-electron chi connectivity index (χ1n) is 6.19. The first-order valence-corrected chi connectivity index (χ1v) is 8.05. The van der Waals surface area contributed by atoms with Crippen LogP contribution in [0.4, 0.5) is 0 Å². The first kappa shape index (κ1) is 17.7. The largest absolute Gasteiger partial charge is 0.495 e. The van der Waals surface area contributed by atoms with Gasteiger partial charge in [-0.1, -0.05) is 25.4 Å². The molecule has 2 N–H and O–H groups in total. The zero-order valence-electron chi connectivity index (χ0n) is 12.2. The topological polar surface area (TPSA) is 92.7 Å². The number of sulfonamides is 1. The molecule has 0 aliphatic rings. The van der Waals surface area contributed by atoms with Crippen LogP contribution in [0.5, 0.6) is 5.75 Å². The number of carboxylic acids is 1. The van der Waals surface area contributed by atoms with Crippen LogP contribution in [0.1, 0.15) is 19.4 Å². The second kappa shape index (κ2) is 6.64. The normalized spacial score (nSPS) is 13.2. The first-order chi connectivity index (χ1) is 9.60. The van der Waals surface area contributed by atoms with E-state index in [1.54, 1.807) is 20.8 Å². The molecule has 118 valence electrons. The fourth-order valence-electron chi connectivity index (χ4n) is 1.78. The fraction of sp³-hybridized carbons (Fsp3) is 0.462. The molecule has 0 spiro atoms. The highest BCUT2D eigenvalue weighted by atomic mass is 35.5. The zero-order valence-corrected chi connectivity index (χ0v) is 13.7. The van der Waals surface area contributed by atoms with Gasteiger partial charge < -0.3 is 9.84 Å². The van der Waals surface area contributed by atoms with Crippen molar-refractivity contribution in [2.45, 2.75) is 31.7 Å². The number of rotatable bonds is 6. The Morgan fingerprint density at radius 1 is 1.38 bits per heavy atom. The minimum absolute atomic E-state index is 0.0693. The molecule has 0 saturated carbocycles. The lowest BCUT2D eigenvalue weighted by Crippen LogP contribution is -2.44. The number of benzene rings is 1. The molecular weight excluding hydrogens is 318 g/mol. The Morgan fingerprint density at radius 2 is 1.95 bits per heavy atom. The lowest BCUT2D eigenvalue weighted by molar-refractivity contribution is -0.140. The summed E-state index contributed by atoms with van der Waals surface area (Å²) in [6.07, 6.45) is 0. The lowest BCUT2D eigenvalue weighted by atomic mass is 10.1. The van der Waals surface area contributed by atoms with Gasteiger partial charge in [-0.3, -0.25) is 4.79 Å². The third-order valence-electron chi connectivity index (χ3n) is 2.95. The zero-order chi connectivity index (χ0) is 16.4. The minimum Gasteiger partial charge on any atom is -0.495 e. The molecule has 1 atom stereocenters. The number of halogens is 1. The van der Waals surface area contributed by atoms with Crippen molar-refractivity contribution in [1.82, 2.24) is 4.72 Å². The Labute approximate surface area is 129 Å². The van der Waals surface area contributed by atoms with Crippen LogP contribution in [0.25, 0.3) is 0 Å². The molecule has 0 amide bonds. The molecule has 0 heterocycles. The predicted molar refractivity (Wildman–Crippen MR) is 79.3 cm³/mol. The second-order valence-electron chi connectivity index (χ2n) is 4.93. The van der Waals surface area contributed by atoms with Crippen molar-refractivity contribution < 1.29 is 23.1 Å². The Kier molecular flexibility index (Phi) is 5.61. The van der Waals surface area contributed by atoms with Crippen LogP contribution < -0.4 is 9.46 Å². The molecule has 8 heteroatoms. The number of nitrogens with one attached hydrogen (secondary N) is 1. The molecule has 0 saturated heterocycles. The molecular formula is C13H18ClNO5S. The quantitative estimate of drug-likeness (QED) is 0.830. The Bertz CT molecular complexity index is 642. The average molecular weight is 336 g/mol. The maximum atomic E-state index is 12.4. The third kappa shape index (κ3) is 4.09. The smallest absolute Gasteiger partial charge is 0.322 e. The summed E-state index contributed by atoms with van der Waals surface area (Å²) in [6, 6.07) is 1.52. The molecule has 0 fully saturated rings. The van der Waals surface area contributed by atoms with Gasteiger partial charge in [0.05, 0.1) is 17.0 Å². The lowest BCUT2D eigenvalue weighted by Gasteiger charge is -2.19. The van der Waals surface area contributed by atoms with Crippen LogP contribution in [0.2, 0.25) is 5.02 Å². The van der Waals surface area contributed by atoms with E-state index in [9.17, 15) is 13.2 Å². The Hall–Kier alpha value is -1.31. The monoisotopic (exact) mass is 335 g/mol. The van der Waals surface area contributed by atoms with Crippen LogP contribution in [0.3, 0.4) is 0 Å². The van der Waals surface area contributed by atoms with E-state index in [1.165, 1.54) is 19.2 Å². The van der Waals surface area contributed by atoms with Crippen molar-refractivity contribution in [2.24, 2.45) is 5.92 Å². The van der Waals surface area contributed by atoms with Crippen LogP contribution >= 0.6 is 11.6 Å². The molecule has 21 heavy (non-hydrogen) atoms. The van der Waals surface area contributed by atoms with Crippen LogP contribution in [0, 0.1) is 12.8 Å². The summed E-state index contributed by atoms with van der Waals surface area (Å²) >= 11 is 5.94. The molecule has 6 nitrogen and oxygen atoms in total. The molecule has 0 bridgehead atoms. The van der Waals surface area contributed by atoms with Crippen molar-refractivity contribution in [3.8, 4) is 5.75 Å². The number of aryl methyl sites for hydroxylation is 1. The average Bonchev–Trinajstić information content (AvgIpc) is 2.37. The number of carbonyl (C=O) groups is 1. The number of aliphatic carboxylic acids is 1. The highest BCUT2D eigenvalue weighted by Crippen LogP contribution is 2.30. The number of carboxylic acid groups (broad SMARTS) is 1. The maximum Gasteiger partial charge on any atom is 0.322 e. The van der Waals surface area contributed by atoms with Gasteiger partial charge >= 0.3 is 5.97 Å². The van der Waals surface area contributed by atoms with E-state index in [0.717, 1.165) is 0 Å². The molecule has 1 aromatic rings. The van der Waals surface area contributed by atoms with Gasteiger partial charge in [0.2, 0.25) is 10.0 Å². The minimum atomic E-state index is -4.00. The molecule has 0 radical (unpaired) electrons. The second-order valence-corrected chi connectivity index (χ2v) is 7.02. The summed E-state index contributed by atoms with van der Waals surface area (Å²) in [5.74, 6) is -1.27. The van der Waals surface area contributed by atoms with Gasteiger partial charge in [0.15, 0.2) is 0 Å². The van der Waals surface area contributed by atoms with Crippen LogP contribution in [-0.4, -0.2) is 32.6 Å². The highest BCUT2D eigenvalue weighted by molar-refractivity contribution is 7.89. The van der Waals surface area contributed by atoms with Gasteiger partial charge in [0.25, 0.3) is 0 Å². The number of hydrogen-bond acceptors (Lipinski definition) is 4. The summed E-state index contributed by atoms with van der Waals surface area (Å²) in [6.45, 7) is 4.82. The molecule has 0 unspecified atom stereocenters. The molecule has 0 aliphatic heterocycles. The summed E-state index contributed by atoms with van der Waals surface area (Å²) in [7, 11) is -2.58. The van der Waals surface area contributed by atoms with Crippen molar-refractivity contribution in [2.75, 3.05) is 7.11 Å². The third-order valence-corrected chi connectivity index (χ3v) is 4.83. The van der Waals surface area contributed by atoms with Crippen LogP contribution in [-0.2, 0) is 14.8 Å². The van der Waals surface area contributed by atoms with E-state index in [4.69, 9.17) is 21.4 Å². The number of hydrogen-bond donors (Lipinski definition) is 2. The predicted octanol–water partition coefficient (Wildman–Crippen LogP) is 2.04. The summed E-state index contributed by atoms with van der Waals surface area (Å²) < 4.78 is 31.9. The van der Waals surface area contributed by atoms with Gasteiger partial charge in [-0.25, -0.2) is 8.42 Å². The van der Waals surface area contributed by atoms with E-state index < -0.39 is 28.0 Å². The molecule has 1 rings (SSSR count). The van der Waals surface area contributed by atoms with E-state index >= 15 is 0 Å². The summed E-state index contributed by atoms with van der Waals surface area (Å²) in [5.41, 5.74) is 0.414. The van der Waals surface area contributed by atoms with Crippen molar-refractivity contribution in [1.29, 1.82) is 0 Å². The van der Waals surface area contributed by atoms with Crippen molar-refractivity contribution >= 4 is 27.6 Å². The standard InChI is InChI=1S/C13H18ClNO5S/c1-7(2)12(13(16)17)15-21(18,19)11-6-9(14)10(20-4)5-8(11)3/h5-7,12,15H,1-4H3,(H,16,17)/t12-/m1/s1. The van der Waals surface area contributed by atoms with Gasteiger partial charge in [-0.05, 0) is 30.5 Å². The number of ether oxygens (including phenoxy) is 1. The van der Waals surface area contributed by atoms with Gasteiger partial charge in [0, 0.05) is 0 Å². The summed E-state index contributed by atoms with van der Waals surface area (Å²) in [5, 5.41) is 9.23. The Morgan fingerprint density at radius 3 is 2.38 bits per heavy atom. The van der Waals surface area contributed by atoms with Crippen molar-refractivity contribution in [3.63, 3.8) is 0 Å². The fourth-order valence-corrected chi connectivity index (χ4v) is 3.68. The van der Waals surface area contributed by atoms with Gasteiger partial charge in [-0.2, -0.15) is 4.72 Å². The van der Waals surface area contributed by atoms with Gasteiger partial charge in [0.1, 0.15) is 11.8 Å². The van der Waals surface area contributed by atoms with E-state index in [0.29, 0.717) is 11.3 Å². The number of methoxy groups -OCH3 is 1. The van der Waals surface area contributed by atoms with Crippen LogP contribution in [0.15, 0.2) is 17.0 Å². The highest BCUT2D eigenvalue weighted by Gasteiger charge is 2.29. The maximum absolute atomic E-state index is 12.4.